The lowest BCUT2D eigenvalue weighted by Gasteiger charge is -2.19. The molecule has 1 aliphatic heterocycles. The zero-order valence-electron chi connectivity index (χ0n) is 15.3. The average molecular weight is 359 g/mol. The van der Waals surface area contributed by atoms with Crippen molar-refractivity contribution in [3.8, 4) is 0 Å². The molecule has 1 unspecified atom stereocenters. The zero-order valence-corrected chi connectivity index (χ0v) is 15.3. The van der Waals surface area contributed by atoms with Crippen LogP contribution >= 0.6 is 0 Å². The highest BCUT2D eigenvalue weighted by atomic mass is 19.1. The van der Waals surface area contributed by atoms with E-state index in [1.165, 1.54) is 12.1 Å². The number of H-pyrrole nitrogens is 1. The summed E-state index contributed by atoms with van der Waals surface area (Å²) in [6.45, 7) is 5.09. The molecule has 1 saturated heterocycles. The maximum Gasteiger partial charge on any atom is 0.225 e. The summed E-state index contributed by atoms with van der Waals surface area (Å²) >= 11 is 0. The summed E-state index contributed by atoms with van der Waals surface area (Å²) in [5.41, 5.74) is 1.87. The van der Waals surface area contributed by atoms with Crippen molar-refractivity contribution in [1.29, 1.82) is 0 Å². The maximum absolute atomic E-state index is 13.5. The van der Waals surface area contributed by atoms with E-state index in [1.54, 1.807) is 11.0 Å². The fourth-order valence-electron chi connectivity index (χ4n) is 3.59. The smallest absolute Gasteiger partial charge is 0.225 e. The number of fused-ring (bicyclic) bond motifs is 1. The van der Waals surface area contributed by atoms with Gasteiger partial charge >= 0.3 is 0 Å². The summed E-state index contributed by atoms with van der Waals surface area (Å²) in [6.07, 6.45) is 4.56. The molecule has 2 N–H and O–H groups in total. The van der Waals surface area contributed by atoms with Gasteiger partial charge in [-0.25, -0.2) is 4.39 Å². The lowest BCUT2D eigenvalue weighted by atomic mass is 10.1. The number of nitrogens with zero attached hydrogens (tertiary/aromatic N) is 1. The van der Waals surface area contributed by atoms with Gasteiger partial charge in [0.25, 0.3) is 0 Å². The van der Waals surface area contributed by atoms with Crippen molar-refractivity contribution in [2.75, 3.05) is 13.1 Å². The van der Waals surface area contributed by atoms with Crippen LogP contribution in [0.3, 0.4) is 0 Å². The molecule has 0 bridgehead atoms. The Morgan fingerprint density at radius 1 is 1.38 bits per heavy atom. The van der Waals surface area contributed by atoms with E-state index in [4.69, 9.17) is 0 Å². The number of hydrogen-bond donors (Lipinski definition) is 2. The Morgan fingerprint density at radius 3 is 2.88 bits per heavy atom. The molecule has 1 aromatic heterocycles. The summed E-state index contributed by atoms with van der Waals surface area (Å²) < 4.78 is 13.5. The van der Waals surface area contributed by atoms with Gasteiger partial charge in [0.15, 0.2) is 0 Å². The molecule has 0 saturated carbocycles. The molecular formula is C20H26FN3O2. The SMILES string of the molecule is CCC(CC)NC(=O)C1CC(=O)N(CCc2c[nH]c3ccc(F)cc23)C1. The summed E-state index contributed by atoms with van der Waals surface area (Å²) in [4.78, 5) is 29.5. The summed E-state index contributed by atoms with van der Waals surface area (Å²) in [5.74, 6) is -0.554. The first kappa shape index (κ1) is 18.4. The van der Waals surface area contributed by atoms with Crippen molar-refractivity contribution in [2.45, 2.75) is 45.6 Å². The lowest BCUT2D eigenvalue weighted by Crippen LogP contribution is -2.39. The van der Waals surface area contributed by atoms with Gasteiger partial charge in [-0.05, 0) is 43.0 Å². The molecule has 0 radical (unpaired) electrons. The van der Waals surface area contributed by atoms with Crippen molar-refractivity contribution in [3.63, 3.8) is 0 Å². The monoisotopic (exact) mass is 359 g/mol. The van der Waals surface area contributed by atoms with E-state index >= 15 is 0 Å². The van der Waals surface area contributed by atoms with Crippen LogP contribution in [0.4, 0.5) is 4.39 Å². The Hall–Kier alpha value is -2.37. The second-order valence-electron chi connectivity index (χ2n) is 7.02. The molecule has 1 aliphatic rings. The largest absolute Gasteiger partial charge is 0.361 e. The summed E-state index contributed by atoms with van der Waals surface area (Å²) in [5, 5.41) is 3.88. The Kier molecular flexibility index (Phi) is 5.59. The van der Waals surface area contributed by atoms with E-state index in [0.717, 1.165) is 29.3 Å². The van der Waals surface area contributed by atoms with Crippen molar-refractivity contribution >= 4 is 22.7 Å². The summed E-state index contributed by atoms with van der Waals surface area (Å²) in [6, 6.07) is 4.83. The Labute approximate surface area is 152 Å². The number of rotatable bonds is 7. The molecule has 2 amide bonds. The first-order valence-corrected chi connectivity index (χ1v) is 9.35. The number of carbonyl (C=O) groups excluding carboxylic acids is 2. The van der Waals surface area contributed by atoms with E-state index in [-0.39, 0.29) is 36.0 Å². The molecule has 1 atom stereocenters. The molecule has 5 nitrogen and oxygen atoms in total. The first-order valence-electron chi connectivity index (χ1n) is 9.35. The maximum atomic E-state index is 13.5. The summed E-state index contributed by atoms with van der Waals surface area (Å²) in [7, 11) is 0. The normalized spacial score (nSPS) is 17.5. The van der Waals surface area contributed by atoms with Crippen LogP contribution in [0.1, 0.15) is 38.7 Å². The van der Waals surface area contributed by atoms with Crippen molar-refractivity contribution in [3.05, 3.63) is 35.8 Å². The van der Waals surface area contributed by atoms with E-state index in [1.807, 2.05) is 20.0 Å². The number of aromatic amines is 1. The highest BCUT2D eigenvalue weighted by molar-refractivity contribution is 5.89. The van der Waals surface area contributed by atoms with Gasteiger partial charge in [0.2, 0.25) is 11.8 Å². The molecule has 0 aliphatic carbocycles. The van der Waals surface area contributed by atoms with Gasteiger partial charge in [-0.2, -0.15) is 0 Å². The standard InChI is InChI=1S/C20H26FN3O2/c1-3-16(4-2)23-20(26)14-9-19(25)24(12-14)8-7-13-11-22-18-6-5-15(21)10-17(13)18/h5-6,10-11,14,16,22H,3-4,7-9,12H2,1-2H3,(H,23,26). The predicted molar refractivity (Wildman–Crippen MR) is 99.2 cm³/mol. The number of benzene rings is 1. The lowest BCUT2D eigenvalue weighted by molar-refractivity contribution is -0.129. The van der Waals surface area contributed by atoms with Crippen LogP contribution in [0.25, 0.3) is 10.9 Å². The van der Waals surface area contributed by atoms with E-state index in [9.17, 15) is 14.0 Å². The van der Waals surface area contributed by atoms with Crippen LogP contribution < -0.4 is 5.32 Å². The van der Waals surface area contributed by atoms with Gasteiger partial charge in [0.1, 0.15) is 5.82 Å². The van der Waals surface area contributed by atoms with E-state index in [0.29, 0.717) is 19.5 Å². The third-order valence-electron chi connectivity index (χ3n) is 5.30. The van der Waals surface area contributed by atoms with Crippen LogP contribution in [0.2, 0.25) is 0 Å². The molecule has 1 aromatic carbocycles. The number of likely N-dealkylation sites (tertiary alicyclic amines) is 1. The first-order chi connectivity index (χ1) is 12.5. The molecule has 0 spiro atoms. The van der Waals surface area contributed by atoms with Crippen LogP contribution in [0.5, 0.6) is 0 Å². The molecule has 3 rings (SSSR count). The number of aromatic nitrogens is 1. The van der Waals surface area contributed by atoms with Gasteiger partial charge in [0, 0.05) is 42.7 Å². The molecular weight excluding hydrogens is 333 g/mol. The second kappa shape index (κ2) is 7.89. The quantitative estimate of drug-likeness (QED) is 0.798. The predicted octanol–water partition coefficient (Wildman–Crippen LogP) is 3.00. The number of carbonyl (C=O) groups is 2. The minimum Gasteiger partial charge on any atom is -0.361 e. The number of nitrogens with one attached hydrogen (secondary N) is 2. The Bertz CT molecular complexity index is 797. The molecule has 2 heterocycles. The fraction of sp³-hybridized carbons (Fsp3) is 0.500. The highest BCUT2D eigenvalue weighted by Gasteiger charge is 2.34. The van der Waals surface area contributed by atoms with Crippen LogP contribution in [-0.2, 0) is 16.0 Å². The van der Waals surface area contributed by atoms with Gasteiger partial charge in [0.05, 0.1) is 5.92 Å². The number of halogens is 1. The Balaban J connectivity index is 1.59. The van der Waals surface area contributed by atoms with Crippen LogP contribution in [0, 0.1) is 11.7 Å². The molecule has 2 aromatic rings. The van der Waals surface area contributed by atoms with Gasteiger partial charge in [-0.15, -0.1) is 0 Å². The molecule has 26 heavy (non-hydrogen) atoms. The van der Waals surface area contributed by atoms with Crippen molar-refractivity contribution in [1.82, 2.24) is 15.2 Å². The third kappa shape index (κ3) is 3.89. The van der Waals surface area contributed by atoms with Gasteiger partial charge in [-0.3, -0.25) is 9.59 Å². The Morgan fingerprint density at radius 2 is 2.15 bits per heavy atom. The fourth-order valence-corrected chi connectivity index (χ4v) is 3.59. The van der Waals surface area contributed by atoms with Crippen molar-refractivity contribution < 1.29 is 14.0 Å². The van der Waals surface area contributed by atoms with Gasteiger partial charge < -0.3 is 15.2 Å². The molecule has 6 heteroatoms. The topological polar surface area (TPSA) is 65.2 Å². The van der Waals surface area contributed by atoms with E-state index in [2.05, 4.69) is 10.3 Å². The minimum absolute atomic E-state index is 0.0146. The zero-order chi connectivity index (χ0) is 18.7. The molecule has 1 fully saturated rings. The van der Waals surface area contributed by atoms with Crippen molar-refractivity contribution in [2.24, 2.45) is 5.92 Å². The number of hydrogen-bond acceptors (Lipinski definition) is 2. The molecule has 140 valence electrons. The minimum atomic E-state index is -0.275. The van der Waals surface area contributed by atoms with Gasteiger partial charge in [-0.1, -0.05) is 13.8 Å². The van der Waals surface area contributed by atoms with Crippen LogP contribution in [-0.4, -0.2) is 40.8 Å². The van der Waals surface area contributed by atoms with Crippen LogP contribution in [0.15, 0.2) is 24.4 Å². The second-order valence-corrected chi connectivity index (χ2v) is 7.02. The van der Waals surface area contributed by atoms with E-state index < -0.39 is 0 Å². The number of amides is 2. The average Bonchev–Trinajstić information content (AvgIpc) is 3.20. The third-order valence-corrected chi connectivity index (χ3v) is 5.30. The highest BCUT2D eigenvalue weighted by Crippen LogP contribution is 2.22.